The molecule has 2 amide bonds. The first-order valence-electron chi connectivity index (χ1n) is 6.45. The lowest BCUT2D eigenvalue weighted by Gasteiger charge is -2.44. The Morgan fingerprint density at radius 2 is 2.05 bits per heavy atom. The van der Waals surface area contributed by atoms with E-state index in [1.165, 1.54) is 0 Å². The molecule has 1 aliphatic rings. The molecule has 0 atom stereocenters. The van der Waals surface area contributed by atoms with Crippen molar-refractivity contribution >= 4 is 11.8 Å². The first-order valence-corrected chi connectivity index (χ1v) is 6.45. The first kappa shape index (κ1) is 14.1. The largest absolute Gasteiger partial charge is 0.342 e. The van der Waals surface area contributed by atoms with Crippen molar-refractivity contribution in [3.8, 4) is 6.07 Å². The average Bonchev–Trinajstić information content (AvgIpc) is 2.44. The predicted octanol–water partition coefficient (Wildman–Crippen LogP) is 1.25. The molecule has 1 aromatic rings. The van der Waals surface area contributed by atoms with E-state index in [2.05, 4.69) is 0 Å². The molecule has 0 spiro atoms. The summed E-state index contributed by atoms with van der Waals surface area (Å²) >= 11 is 0. The maximum Gasteiger partial charge on any atom is 0.254 e. The number of rotatable bonds is 1. The van der Waals surface area contributed by atoms with Gasteiger partial charge in [-0.3, -0.25) is 9.59 Å². The Bertz CT molecular complexity index is 601. The van der Waals surface area contributed by atoms with Gasteiger partial charge >= 0.3 is 0 Å². The van der Waals surface area contributed by atoms with Gasteiger partial charge in [-0.1, -0.05) is 6.07 Å². The number of likely N-dealkylation sites (N-methyl/N-ethyl adjacent to an activating group) is 1. The van der Waals surface area contributed by atoms with Crippen molar-refractivity contribution in [2.24, 2.45) is 0 Å². The second-order valence-corrected chi connectivity index (χ2v) is 5.44. The number of nitriles is 1. The van der Waals surface area contributed by atoms with Crippen molar-refractivity contribution in [2.75, 3.05) is 20.1 Å². The Balaban J connectivity index is 2.33. The van der Waals surface area contributed by atoms with Crippen LogP contribution in [0.3, 0.4) is 0 Å². The molecule has 104 valence electrons. The van der Waals surface area contributed by atoms with E-state index in [1.54, 1.807) is 55.0 Å². The van der Waals surface area contributed by atoms with Crippen molar-refractivity contribution in [1.82, 2.24) is 9.80 Å². The van der Waals surface area contributed by atoms with Gasteiger partial charge in [0.15, 0.2) is 0 Å². The summed E-state index contributed by atoms with van der Waals surface area (Å²) in [4.78, 5) is 28.0. The van der Waals surface area contributed by atoms with Gasteiger partial charge in [0.05, 0.1) is 11.6 Å². The zero-order valence-electron chi connectivity index (χ0n) is 11.9. The zero-order valence-corrected chi connectivity index (χ0v) is 11.9. The van der Waals surface area contributed by atoms with Gasteiger partial charge in [0.1, 0.15) is 5.54 Å². The van der Waals surface area contributed by atoms with Crippen molar-refractivity contribution in [3.63, 3.8) is 0 Å². The van der Waals surface area contributed by atoms with Gasteiger partial charge in [-0.05, 0) is 32.0 Å². The highest BCUT2D eigenvalue weighted by atomic mass is 16.2. The maximum absolute atomic E-state index is 12.6. The quantitative estimate of drug-likeness (QED) is 0.772. The normalized spacial score (nSPS) is 17.8. The monoisotopic (exact) mass is 271 g/mol. The van der Waals surface area contributed by atoms with Crippen LogP contribution >= 0.6 is 0 Å². The standard InChI is InChI=1S/C15H17N3O2/c1-15(2)14(20)17(3)7-8-18(15)13(19)12-6-4-5-11(9-12)10-16/h4-6,9H,7-8H2,1-3H3. The number of hydrogen-bond acceptors (Lipinski definition) is 3. The molecule has 0 bridgehead atoms. The van der Waals surface area contributed by atoms with E-state index in [-0.39, 0.29) is 11.8 Å². The van der Waals surface area contributed by atoms with E-state index < -0.39 is 5.54 Å². The third-order valence-corrected chi connectivity index (χ3v) is 3.69. The molecule has 0 aliphatic carbocycles. The second-order valence-electron chi connectivity index (χ2n) is 5.44. The van der Waals surface area contributed by atoms with Gasteiger partial charge in [-0.2, -0.15) is 5.26 Å². The van der Waals surface area contributed by atoms with Crippen LogP contribution in [0.4, 0.5) is 0 Å². The van der Waals surface area contributed by atoms with Gasteiger partial charge in [0.2, 0.25) is 5.91 Å². The molecule has 0 unspecified atom stereocenters. The fourth-order valence-electron chi connectivity index (χ4n) is 2.45. The van der Waals surface area contributed by atoms with Crippen molar-refractivity contribution in [2.45, 2.75) is 19.4 Å². The lowest BCUT2D eigenvalue weighted by Crippen LogP contribution is -2.63. The molecule has 1 saturated heterocycles. The molecule has 0 radical (unpaired) electrons. The third kappa shape index (κ3) is 2.25. The Kier molecular flexibility index (Phi) is 3.49. The Morgan fingerprint density at radius 3 is 2.70 bits per heavy atom. The number of hydrogen-bond donors (Lipinski definition) is 0. The average molecular weight is 271 g/mol. The number of piperazine rings is 1. The van der Waals surface area contributed by atoms with Gasteiger partial charge in [-0.15, -0.1) is 0 Å². The van der Waals surface area contributed by atoms with Crippen LogP contribution < -0.4 is 0 Å². The molecule has 5 nitrogen and oxygen atoms in total. The Labute approximate surface area is 118 Å². The molecule has 0 saturated carbocycles. The fraction of sp³-hybridized carbons (Fsp3) is 0.400. The molecule has 20 heavy (non-hydrogen) atoms. The topological polar surface area (TPSA) is 64.4 Å². The van der Waals surface area contributed by atoms with Gasteiger partial charge in [0.25, 0.3) is 5.91 Å². The van der Waals surface area contributed by atoms with Gasteiger partial charge in [0, 0.05) is 25.7 Å². The summed E-state index contributed by atoms with van der Waals surface area (Å²) in [6.45, 7) is 4.50. The van der Waals surface area contributed by atoms with Crippen LogP contribution in [0.25, 0.3) is 0 Å². The van der Waals surface area contributed by atoms with Crippen LogP contribution in [0, 0.1) is 11.3 Å². The van der Waals surface area contributed by atoms with Crippen molar-refractivity contribution < 1.29 is 9.59 Å². The smallest absolute Gasteiger partial charge is 0.254 e. The Morgan fingerprint density at radius 1 is 1.35 bits per heavy atom. The summed E-state index contributed by atoms with van der Waals surface area (Å²) in [5, 5.41) is 8.90. The summed E-state index contributed by atoms with van der Waals surface area (Å²) in [6.07, 6.45) is 0. The lowest BCUT2D eigenvalue weighted by molar-refractivity contribution is -0.144. The highest BCUT2D eigenvalue weighted by molar-refractivity contribution is 5.99. The molecule has 1 fully saturated rings. The molecule has 0 aromatic heterocycles. The van der Waals surface area contributed by atoms with Crippen LogP contribution in [-0.2, 0) is 4.79 Å². The number of amides is 2. The molecular weight excluding hydrogens is 254 g/mol. The van der Waals surface area contributed by atoms with Crippen LogP contribution in [0.15, 0.2) is 24.3 Å². The molecule has 5 heteroatoms. The molecule has 0 N–H and O–H groups in total. The number of nitrogens with zero attached hydrogens (tertiary/aromatic N) is 3. The number of carbonyl (C=O) groups is 2. The maximum atomic E-state index is 12.6. The van der Waals surface area contributed by atoms with Crippen LogP contribution in [0.1, 0.15) is 29.8 Å². The summed E-state index contributed by atoms with van der Waals surface area (Å²) < 4.78 is 0. The molecular formula is C15H17N3O2. The number of benzene rings is 1. The van der Waals surface area contributed by atoms with Crippen molar-refractivity contribution in [3.05, 3.63) is 35.4 Å². The third-order valence-electron chi connectivity index (χ3n) is 3.69. The Hall–Kier alpha value is -2.35. The van der Waals surface area contributed by atoms with E-state index in [1.807, 2.05) is 6.07 Å². The summed E-state index contributed by atoms with van der Waals surface area (Å²) in [6, 6.07) is 8.57. The second kappa shape index (κ2) is 4.97. The number of carbonyl (C=O) groups excluding carboxylic acids is 2. The summed E-state index contributed by atoms with van der Waals surface area (Å²) in [5.74, 6) is -0.290. The fourth-order valence-corrected chi connectivity index (χ4v) is 2.45. The van der Waals surface area contributed by atoms with E-state index in [0.29, 0.717) is 24.2 Å². The minimum atomic E-state index is -0.868. The molecule has 1 aliphatic heterocycles. The van der Waals surface area contributed by atoms with E-state index in [0.717, 1.165) is 0 Å². The molecule has 1 aromatic carbocycles. The summed E-state index contributed by atoms with van der Waals surface area (Å²) in [7, 11) is 1.74. The predicted molar refractivity (Wildman–Crippen MR) is 73.9 cm³/mol. The molecule has 1 heterocycles. The van der Waals surface area contributed by atoms with Crippen molar-refractivity contribution in [1.29, 1.82) is 5.26 Å². The van der Waals surface area contributed by atoms with E-state index >= 15 is 0 Å². The van der Waals surface area contributed by atoms with E-state index in [4.69, 9.17) is 5.26 Å². The zero-order chi connectivity index (χ0) is 14.9. The molecule has 2 rings (SSSR count). The first-order chi connectivity index (χ1) is 9.37. The van der Waals surface area contributed by atoms with Gasteiger partial charge in [-0.25, -0.2) is 0 Å². The van der Waals surface area contributed by atoms with Gasteiger partial charge < -0.3 is 9.80 Å². The minimum Gasteiger partial charge on any atom is -0.342 e. The SMILES string of the molecule is CN1CCN(C(=O)c2cccc(C#N)c2)C(C)(C)C1=O. The lowest BCUT2D eigenvalue weighted by atomic mass is 9.96. The highest BCUT2D eigenvalue weighted by Gasteiger charge is 2.43. The summed E-state index contributed by atoms with van der Waals surface area (Å²) in [5.41, 5.74) is 0.0100. The highest BCUT2D eigenvalue weighted by Crippen LogP contribution is 2.24. The minimum absolute atomic E-state index is 0.0754. The van der Waals surface area contributed by atoms with Crippen LogP contribution in [0.5, 0.6) is 0 Å². The van der Waals surface area contributed by atoms with Crippen LogP contribution in [0.2, 0.25) is 0 Å². The van der Waals surface area contributed by atoms with E-state index in [9.17, 15) is 9.59 Å². The van der Waals surface area contributed by atoms with Crippen LogP contribution in [-0.4, -0.2) is 47.3 Å².